The first kappa shape index (κ1) is 24.9. The topological polar surface area (TPSA) is 51.0 Å². The van der Waals surface area contributed by atoms with Gasteiger partial charge in [-0.15, -0.1) is 24.2 Å². The average Bonchev–Trinajstić information content (AvgIpc) is 3.43. The van der Waals surface area contributed by atoms with Crippen LogP contribution in [0.4, 0.5) is 5.13 Å². The molecule has 10 heteroatoms. The SMILES string of the molecule is Cl.O=C(CCSc1ccc(Cl)cc1)N(CCCn1ccnc1)c1nc2c(Cl)cccc2s1. The van der Waals surface area contributed by atoms with Crippen LogP contribution in [0.3, 0.4) is 0 Å². The molecule has 0 unspecified atom stereocenters. The molecule has 0 N–H and O–H groups in total. The minimum absolute atomic E-state index is 0. The number of hydrogen-bond donors (Lipinski definition) is 0. The highest BCUT2D eigenvalue weighted by atomic mass is 35.5. The third-order valence-electron chi connectivity index (χ3n) is 4.65. The van der Waals surface area contributed by atoms with Crippen molar-refractivity contribution < 1.29 is 4.79 Å². The van der Waals surface area contributed by atoms with Crippen molar-refractivity contribution in [2.75, 3.05) is 17.2 Å². The summed E-state index contributed by atoms with van der Waals surface area (Å²) in [6.07, 6.45) is 6.68. The molecule has 0 aliphatic rings. The minimum Gasteiger partial charge on any atom is -0.337 e. The zero-order valence-corrected chi connectivity index (χ0v) is 20.9. The molecule has 4 rings (SSSR count). The van der Waals surface area contributed by atoms with Gasteiger partial charge < -0.3 is 4.57 Å². The normalized spacial score (nSPS) is 10.8. The van der Waals surface area contributed by atoms with E-state index in [1.165, 1.54) is 11.3 Å². The highest BCUT2D eigenvalue weighted by Gasteiger charge is 2.20. The molecule has 1 amide bonds. The molecule has 0 aliphatic carbocycles. The largest absolute Gasteiger partial charge is 0.337 e. The molecule has 5 nitrogen and oxygen atoms in total. The van der Waals surface area contributed by atoms with E-state index in [4.69, 9.17) is 23.2 Å². The Balaban J connectivity index is 0.00000289. The lowest BCUT2D eigenvalue weighted by molar-refractivity contribution is -0.118. The average molecular weight is 528 g/mol. The molecule has 0 atom stereocenters. The van der Waals surface area contributed by atoms with E-state index in [0.29, 0.717) is 33.9 Å². The lowest BCUT2D eigenvalue weighted by atomic mass is 10.3. The molecule has 0 saturated heterocycles. The number of imidazole rings is 1. The second kappa shape index (κ2) is 11.9. The number of aromatic nitrogens is 3. The fourth-order valence-corrected chi connectivity index (χ4v) is 5.37. The molecule has 0 aliphatic heterocycles. The van der Waals surface area contributed by atoms with E-state index in [1.807, 2.05) is 53.2 Å². The summed E-state index contributed by atoms with van der Waals surface area (Å²) < 4.78 is 2.99. The predicted molar refractivity (Wildman–Crippen MR) is 138 cm³/mol. The van der Waals surface area contributed by atoms with E-state index in [2.05, 4.69) is 9.97 Å². The van der Waals surface area contributed by atoms with Crippen LogP contribution in [0.5, 0.6) is 0 Å². The standard InChI is InChI=1S/C22H20Cl2N4OS2.ClH/c23-16-5-7-17(8-6-16)30-14-9-20(29)28(12-2-11-27-13-10-25-15-27)22-26-21-18(24)3-1-4-19(21)31-22;/h1,3-8,10,13,15H,2,9,11-12,14H2;1H. The summed E-state index contributed by atoms with van der Waals surface area (Å²) in [7, 11) is 0. The number of fused-ring (bicyclic) bond motifs is 1. The van der Waals surface area contributed by atoms with E-state index >= 15 is 0 Å². The number of para-hydroxylation sites is 1. The summed E-state index contributed by atoms with van der Waals surface area (Å²) in [5, 5.41) is 2.00. The number of halogens is 3. The van der Waals surface area contributed by atoms with Crippen molar-refractivity contribution in [2.45, 2.75) is 24.3 Å². The summed E-state index contributed by atoms with van der Waals surface area (Å²) in [5.41, 5.74) is 0.743. The van der Waals surface area contributed by atoms with Crippen LogP contribution < -0.4 is 4.90 Å². The van der Waals surface area contributed by atoms with Crippen molar-refractivity contribution in [1.29, 1.82) is 0 Å². The third kappa shape index (κ3) is 6.39. The van der Waals surface area contributed by atoms with Crippen molar-refractivity contribution in [3.05, 3.63) is 71.2 Å². The van der Waals surface area contributed by atoms with Crippen molar-refractivity contribution in [2.24, 2.45) is 0 Å². The van der Waals surface area contributed by atoms with E-state index in [9.17, 15) is 4.79 Å². The number of anilines is 1. The molecule has 168 valence electrons. The molecule has 0 saturated carbocycles. The Morgan fingerprint density at radius 3 is 2.69 bits per heavy atom. The van der Waals surface area contributed by atoms with Crippen LogP contribution in [0, 0.1) is 0 Å². The van der Waals surface area contributed by atoms with Gasteiger partial charge in [-0.3, -0.25) is 9.69 Å². The number of hydrogen-bond acceptors (Lipinski definition) is 5. The number of aryl methyl sites for hydroxylation is 1. The number of rotatable bonds is 9. The van der Waals surface area contributed by atoms with Gasteiger partial charge in [-0.05, 0) is 42.8 Å². The first-order valence-electron chi connectivity index (χ1n) is 9.80. The maximum absolute atomic E-state index is 13.1. The summed E-state index contributed by atoms with van der Waals surface area (Å²) in [6, 6.07) is 13.4. The second-order valence-electron chi connectivity index (χ2n) is 6.83. The third-order valence-corrected chi connectivity index (χ3v) is 7.26. The maximum atomic E-state index is 13.1. The van der Waals surface area contributed by atoms with E-state index in [0.717, 1.165) is 28.1 Å². The number of nitrogens with zero attached hydrogens (tertiary/aromatic N) is 4. The van der Waals surface area contributed by atoms with Gasteiger partial charge in [-0.2, -0.15) is 0 Å². The first-order chi connectivity index (χ1) is 15.1. The number of benzene rings is 2. The quantitative estimate of drug-likeness (QED) is 0.224. The van der Waals surface area contributed by atoms with Crippen LogP contribution in [0.1, 0.15) is 12.8 Å². The van der Waals surface area contributed by atoms with Gasteiger partial charge in [-0.1, -0.05) is 40.6 Å². The number of thiazole rings is 1. The summed E-state index contributed by atoms with van der Waals surface area (Å²) in [5.74, 6) is 0.742. The van der Waals surface area contributed by atoms with E-state index < -0.39 is 0 Å². The summed E-state index contributed by atoms with van der Waals surface area (Å²) in [4.78, 5) is 24.8. The number of carbonyl (C=O) groups excluding carboxylic acids is 1. The molecule has 4 aromatic rings. The first-order valence-corrected chi connectivity index (χ1v) is 12.4. The fraction of sp³-hybridized carbons (Fsp3) is 0.227. The molecule has 0 radical (unpaired) electrons. The Kier molecular flexibility index (Phi) is 9.25. The van der Waals surface area contributed by atoms with Crippen LogP contribution >= 0.6 is 58.7 Å². The lowest BCUT2D eigenvalue weighted by Gasteiger charge is -2.20. The van der Waals surface area contributed by atoms with Crippen LogP contribution in [0.2, 0.25) is 10.0 Å². The van der Waals surface area contributed by atoms with Gasteiger partial charge in [-0.25, -0.2) is 9.97 Å². The zero-order valence-electron chi connectivity index (χ0n) is 17.0. The van der Waals surface area contributed by atoms with Crippen molar-refractivity contribution in [3.8, 4) is 0 Å². The Morgan fingerprint density at radius 2 is 1.97 bits per heavy atom. The minimum atomic E-state index is 0. The smallest absolute Gasteiger partial charge is 0.229 e. The molecular formula is C22H21Cl3N4OS2. The van der Waals surface area contributed by atoms with Crippen LogP contribution in [-0.4, -0.2) is 32.7 Å². The molecule has 0 spiro atoms. The van der Waals surface area contributed by atoms with Crippen LogP contribution in [-0.2, 0) is 11.3 Å². The Hall–Kier alpha value is -1.77. The van der Waals surface area contributed by atoms with Gasteiger partial charge in [0.25, 0.3) is 0 Å². The maximum Gasteiger partial charge on any atom is 0.229 e. The zero-order chi connectivity index (χ0) is 21.6. The van der Waals surface area contributed by atoms with Crippen molar-refractivity contribution in [3.63, 3.8) is 0 Å². The van der Waals surface area contributed by atoms with Crippen LogP contribution in [0.25, 0.3) is 10.2 Å². The summed E-state index contributed by atoms with van der Waals surface area (Å²) in [6.45, 7) is 1.37. The highest BCUT2D eigenvalue weighted by molar-refractivity contribution is 7.99. The lowest BCUT2D eigenvalue weighted by Crippen LogP contribution is -2.32. The Labute approximate surface area is 211 Å². The fourth-order valence-electron chi connectivity index (χ4n) is 3.10. The van der Waals surface area contributed by atoms with E-state index in [-0.39, 0.29) is 18.3 Å². The van der Waals surface area contributed by atoms with Crippen molar-refractivity contribution in [1.82, 2.24) is 14.5 Å². The highest BCUT2D eigenvalue weighted by Crippen LogP contribution is 2.33. The van der Waals surface area contributed by atoms with E-state index in [1.54, 1.807) is 29.2 Å². The van der Waals surface area contributed by atoms with Gasteiger partial charge in [0, 0.05) is 47.6 Å². The molecule has 2 aromatic carbocycles. The number of amides is 1. The molecular weight excluding hydrogens is 507 g/mol. The number of carbonyl (C=O) groups is 1. The molecule has 2 heterocycles. The van der Waals surface area contributed by atoms with Crippen LogP contribution in [0.15, 0.2) is 66.1 Å². The Bertz CT molecular complexity index is 1150. The van der Waals surface area contributed by atoms with Crippen molar-refractivity contribution >= 4 is 80.0 Å². The molecule has 32 heavy (non-hydrogen) atoms. The predicted octanol–water partition coefficient (Wildman–Crippen LogP) is 6.83. The van der Waals surface area contributed by atoms with Gasteiger partial charge in [0.2, 0.25) is 5.91 Å². The molecule has 0 bridgehead atoms. The monoisotopic (exact) mass is 526 g/mol. The second-order valence-corrected chi connectivity index (χ2v) is 9.86. The summed E-state index contributed by atoms with van der Waals surface area (Å²) >= 11 is 15.4. The van der Waals surface area contributed by atoms with Gasteiger partial charge >= 0.3 is 0 Å². The Morgan fingerprint density at radius 1 is 1.16 bits per heavy atom. The molecule has 0 fully saturated rings. The van der Waals surface area contributed by atoms with Gasteiger partial charge in [0.15, 0.2) is 5.13 Å². The molecule has 2 aromatic heterocycles. The number of thioether (sulfide) groups is 1. The van der Waals surface area contributed by atoms with Gasteiger partial charge in [0.05, 0.1) is 16.0 Å². The van der Waals surface area contributed by atoms with Gasteiger partial charge in [0.1, 0.15) is 5.52 Å².